The lowest BCUT2D eigenvalue weighted by molar-refractivity contribution is -0.141. The van der Waals surface area contributed by atoms with Gasteiger partial charge in [-0.05, 0) is 37.5 Å². The highest BCUT2D eigenvalue weighted by molar-refractivity contribution is 5.79. The number of benzene rings is 1. The largest absolute Gasteiger partial charge is 0.481 e. The zero-order valence-corrected chi connectivity index (χ0v) is 10.7. The molecule has 4 nitrogen and oxygen atoms in total. The van der Waals surface area contributed by atoms with E-state index < -0.39 is 29.4 Å². The molecule has 0 aromatic heterocycles. The first-order chi connectivity index (χ1) is 9.45. The van der Waals surface area contributed by atoms with E-state index >= 15 is 0 Å². The maximum atomic E-state index is 13.4. The van der Waals surface area contributed by atoms with Gasteiger partial charge in [-0.1, -0.05) is 0 Å². The van der Waals surface area contributed by atoms with Gasteiger partial charge in [-0.3, -0.25) is 9.59 Å². The van der Waals surface area contributed by atoms with Crippen LogP contribution in [-0.2, 0) is 16.0 Å². The third kappa shape index (κ3) is 3.53. The Labute approximate surface area is 114 Å². The van der Waals surface area contributed by atoms with Crippen LogP contribution >= 0.6 is 0 Å². The number of nitrogens with one attached hydrogen (secondary N) is 1. The third-order valence-electron chi connectivity index (χ3n) is 3.51. The molecule has 20 heavy (non-hydrogen) atoms. The highest BCUT2D eigenvalue weighted by Gasteiger charge is 2.30. The summed E-state index contributed by atoms with van der Waals surface area (Å²) >= 11 is 0. The van der Waals surface area contributed by atoms with Gasteiger partial charge in [0.1, 0.15) is 11.6 Å². The van der Waals surface area contributed by atoms with Gasteiger partial charge in [0, 0.05) is 11.6 Å². The van der Waals surface area contributed by atoms with Crippen molar-refractivity contribution in [2.24, 2.45) is 5.92 Å². The van der Waals surface area contributed by atoms with Crippen molar-refractivity contribution >= 4 is 11.9 Å². The first kappa shape index (κ1) is 14.4. The highest BCUT2D eigenvalue weighted by Crippen LogP contribution is 2.25. The predicted octanol–water partition coefficient (Wildman–Crippen LogP) is 1.88. The number of carboxylic acid groups (broad SMARTS) is 1. The fourth-order valence-corrected chi connectivity index (χ4v) is 2.47. The molecule has 0 bridgehead atoms. The third-order valence-corrected chi connectivity index (χ3v) is 3.51. The van der Waals surface area contributed by atoms with E-state index in [1.54, 1.807) is 0 Å². The average molecular weight is 283 g/mol. The topological polar surface area (TPSA) is 66.4 Å². The number of carboxylic acids is 1. The van der Waals surface area contributed by atoms with Gasteiger partial charge in [-0.25, -0.2) is 8.78 Å². The fourth-order valence-electron chi connectivity index (χ4n) is 2.47. The standard InChI is InChI=1S/C14H15F2NO3/c15-10-2-4-12(16)9(5-10)7-13(18)17-11-3-1-8(6-11)14(19)20/h2,4-5,8,11H,1,3,6-7H2,(H,17,18)(H,19,20)/t8-,11+/m0/s1. The molecule has 1 saturated carbocycles. The molecule has 0 aliphatic heterocycles. The van der Waals surface area contributed by atoms with E-state index in [1.807, 2.05) is 0 Å². The van der Waals surface area contributed by atoms with Crippen LogP contribution in [0.25, 0.3) is 0 Å². The van der Waals surface area contributed by atoms with Crippen LogP contribution in [0.5, 0.6) is 0 Å². The normalized spacial score (nSPS) is 21.7. The summed E-state index contributed by atoms with van der Waals surface area (Å²) in [5.41, 5.74) is -0.00437. The summed E-state index contributed by atoms with van der Waals surface area (Å²) in [6.07, 6.45) is 1.24. The Morgan fingerprint density at radius 2 is 2.05 bits per heavy atom. The molecule has 0 spiro atoms. The Kier molecular flexibility index (Phi) is 4.32. The monoisotopic (exact) mass is 283 g/mol. The summed E-state index contributed by atoms with van der Waals surface area (Å²) in [5, 5.41) is 11.5. The van der Waals surface area contributed by atoms with Gasteiger partial charge in [0.25, 0.3) is 0 Å². The van der Waals surface area contributed by atoms with Crippen LogP contribution in [-0.4, -0.2) is 23.0 Å². The van der Waals surface area contributed by atoms with Gasteiger partial charge in [-0.15, -0.1) is 0 Å². The zero-order chi connectivity index (χ0) is 14.7. The summed E-state index contributed by atoms with van der Waals surface area (Å²) < 4.78 is 26.4. The Morgan fingerprint density at radius 3 is 2.70 bits per heavy atom. The molecular formula is C14H15F2NO3. The van der Waals surface area contributed by atoms with E-state index in [2.05, 4.69) is 5.32 Å². The molecule has 108 valence electrons. The molecule has 1 aliphatic rings. The minimum atomic E-state index is -0.863. The quantitative estimate of drug-likeness (QED) is 0.886. The molecule has 0 unspecified atom stereocenters. The second-order valence-corrected chi connectivity index (χ2v) is 5.03. The van der Waals surface area contributed by atoms with Crippen molar-refractivity contribution in [2.45, 2.75) is 31.7 Å². The number of rotatable bonds is 4. The summed E-state index contributed by atoms with van der Waals surface area (Å²) in [4.78, 5) is 22.6. The summed E-state index contributed by atoms with van der Waals surface area (Å²) in [5.74, 6) is -2.95. The lowest BCUT2D eigenvalue weighted by atomic mass is 10.1. The molecular weight excluding hydrogens is 268 g/mol. The lowest BCUT2D eigenvalue weighted by Crippen LogP contribution is -2.34. The zero-order valence-electron chi connectivity index (χ0n) is 10.7. The molecule has 6 heteroatoms. The van der Waals surface area contributed by atoms with Crippen LogP contribution in [0.3, 0.4) is 0 Å². The van der Waals surface area contributed by atoms with Crippen LogP contribution < -0.4 is 5.32 Å². The summed E-state index contributed by atoms with van der Waals surface area (Å²) in [7, 11) is 0. The number of hydrogen-bond donors (Lipinski definition) is 2. The first-order valence-corrected chi connectivity index (χ1v) is 6.42. The van der Waals surface area contributed by atoms with E-state index in [4.69, 9.17) is 5.11 Å². The highest BCUT2D eigenvalue weighted by atomic mass is 19.1. The van der Waals surface area contributed by atoms with E-state index in [1.165, 1.54) is 0 Å². The Balaban J connectivity index is 1.90. The molecule has 1 aliphatic carbocycles. The number of halogens is 2. The Bertz CT molecular complexity index is 533. The van der Waals surface area contributed by atoms with Gasteiger partial charge in [0.05, 0.1) is 12.3 Å². The van der Waals surface area contributed by atoms with E-state index in [0.717, 1.165) is 18.2 Å². The van der Waals surface area contributed by atoms with E-state index in [-0.39, 0.29) is 18.0 Å². The predicted molar refractivity (Wildman–Crippen MR) is 67.0 cm³/mol. The van der Waals surface area contributed by atoms with Crippen molar-refractivity contribution in [1.82, 2.24) is 5.32 Å². The molecule has 2 N–H and O–H groups in total. The van der Waals surface area contributed by atoms with Crippen molar-refractivity contribution in [3.05, 3.63) is 35.4 Å². The maximum absolute atomic E-state index is 13.4. The van der Waals surface area contributed by atoms with E-state index in [0.29, 0.717) is 19.3 Å². The van der Waals surface area contributed by atoms with Gasteiger partial charge >= 0.3 is 5.97 Å². The van der Waals surface area contributed by atoms with E-state index in [9.17, 15) is 18.4 Å². The number of aliphatic carboxylic acids is 1. The number of hydrogen-bond acceptors (Lipinski definition) is 2. The minimum absolute atomic E-state index is 0.00437. The van der Waals surface area contributed by atoms with Crippen LogP contribution in [0.15, 0.2) is 18.2 Å². The molecule has 1 amide bonds. The second-order valence-electron chi connectivity index (χ2n) is 5.03. The SMILES string of the molecule is O=C(Cc1cc(F)ccc1F)N[C@@H]1CC[C@H](C(=O)O)C1. The smallest absolute Gasteiger partial charge is 0.306 e. The van der Waals surface area contributed by atoms with Crippen LogP contribution in [0.2, 0.25) is 0 Å². The van der Waals surface area contributed by atoms with Crippen molar-refractivity contribution in [1.29, 1.82) is 0 Å². The Hall–Kier alpha value is -1.98. The number of amides is 1. The van der Waals surface area contributed by atoms with Crippen LogP contribution in [0, 0.1) is 17.6 Å². The van der Waals surface area contributed by atoms with Gasteiger partial charge in [0.15, 0.2) is 0 Å². The number of carbonyl (C=O) groups is 2. The molecule has 2 rings (SSSR count). The summed E-state index contributed by atoms with van der Waals surface area (Å²) in [6.45, 7) is 0. The number of carbonyl (C=O) groups excluding carboxylic acids is 1. The van der Waals surface area contributed by atoms with Crippen LogP contribution in [0.1, 0.15) is 24.8 Å². The van der Waals surface area contributed by atoms with Crippen molar-refractivity contribution < 1.29 is 23.5 Å². The molecule has 1 aromatic carbocycles. The molecule has 0 radical (unpaired) electrons. The molecule has 1 fully saturated rings. The van der Waals surface area contributed by atoms with Crippen molar-refractivity contribution in [2.75, 3.05) is 0 Å². The molecule has 0 heterocycles. The van der Waals surface area contributed by atoms with Crippen molar-refractivity contribution in [3.63, 3.8) is 0 Å². The lowest BCUT2D eigenvalue weighted by Gasteiger charge is -2.12. The van der Waals surface area contributed by atoms with Gasteiger partial charge < -0.3 is 10.4 Å². The average Bonchev–Trinajstić information content (AvgIpc) is 2.82. The molecule has 1 aromatic rings. The fraction of sp³-hybridized carbons (Fsp3) is 0.429. The second kappa shape index (κ2) is 5.98. The Morgan fingerprint density at radius 1 is 1.30 bits per heavy atom. The first-order valence-electron chi connectivity index (χ1n) is 6.42. The molecule has 2 atom stereocenters. The maximum Gasteiger partial charge on any atom is 0.306 e. The van der Waals surface area contributed by atoms with Gasteiger partial charge in [-0.2, -0.15) is 0 Å². The minimum Gasteiger partial charge on any atom is -0.481 e. The summed E-state index contributed by atoms with van der Waals surface area (Å²) in [6, 6.07) is 2.75. The molecule has 0 saturated heterocycles. The van der Waals surface area contributed by atoms with Crippen LogP contribution in [0.4, 0.5) is 8.78 Å². The van der Waals surface area contributed by atoms with Crippen molar-refractivity contribution in [3.8, 4) is 0 Å². The van der Waals surface area contributed by atoms with Gasteiger partial charge in [0.2, 0.25) is 5.91 Å².